The molecule has 20 heavy (non-hydrogen) atoms. The summed E-state index contributed by atoms with van der Waals surface area (Å²) < 4.78 is 37.7. The Bertz CT molecular complexity index is 462. The Morgan fingerprint density at radius 2 is 1.75 bits per heavy atom. The molecule has 0 aliphatic rings. The van der Waals surface area contributed by atoms with E-state index in [0.29, 0.717) is 4.90 Å². The largest absolute Gasteiger partial charge is 0.471 e. The highest BCUT2D eigenvalue weighted by Crippen LogP contribution is 2.24. The number of benzene rings is 1. The van der Waals surface area contributed by atoms with Crippen LogP contribution < -0.4 is 4.90 Å². The molecule has 1 aromatic carbocycles. The van der Waals surface area contributed by atoms with Gasteiger partial charge < -0.3 is 4.90 Å². The number of carbonyl (C=O) groups excluding carboxylic acids is 2. The van der Waals surface area contributed by atoms with Crippen LogP contribution in [0.4, 0.5) is 18.9 Å². The molecule has 0 atom stereocenters. The third-order valence-corrected chi connectivity index (χ3v) is 3.17. The molecule has 1 amide bonds. The van der Waals surface area contributed by atoms with Crippen molar-refractivity contribution >= 4 is 33.3 Å². The Morgan fingerprint density at radius 3 is 2.25 bits per heavy atom. The second kappa shape index (κ2) is 7.42. The summed E-state index contributed by atoms with van der Waals surface area (Å²) in [6.07, 6.45) is -4.63. The van der Waals surface area contributed by atoms with Gasteiger partial charge in [0.15, 0.2) is 0 Å². The summed E-state index contributed by atoms with van der Waals surface area (Å²) in [5, 5.41) is 0.158. The van der Waals surface area contributed by atoms with Crippen molar-refractivity contribution < 1.29 is 22.8 Å². The molecule has 0 heterocycles. The molecule has 0 spiro atoms. The van der Waals surface area contributed by atoms with E-state index in [4.69, 9.17) is 0 Å². The number of nitrogens with zero attached hydrogens (tertiary/aromatic N) is 1. The summed E-state index contributed by atoms with van der Waals surface area (Å²) >= 11 is 2.98. The lowest BCUT2D eigenvalue weighted by Crippen LogP contribution is -2.42. The Kier molecular flexibility index (Phi) is 6.19. The summed E-state index contributed by atoms with van der Waals surface area (Å²) in [6, 6.07) is 7.60. The van der Waals surface area contributed by atoms with Gasteiger partial charge in [0.2, 0.25) is 0 Å². The molecule has 0 saturated heterocycles. The maximum Gasteiger partial charge on any atom is 0.471 e. The van der Waals surface area contributed by atoms with E-state index in [1.807, 2.05) is 0 Å². The second-order valence-corrected chi connectivity index (χ2v) is 4.63. The van der Waals surface area contributed by atoms with Crippen LogP contribution in [-0.2, 0) is 9.59 Å². The van der Waals surface area contributed by atoms with Crippen LogP contribution in [0.15, 0.2) is 30.3 Å². The fourth-order valence-corrected chi connectivity index (χ4v) is 1.89. The van der Waals surface area contributed by atoms with Gasteiger partial charge in [0.05, 0.1) is 5.33 Å². The molecule has 3 nitrogen and oxygen atoms in total. The van der Waals surface area contributed by atoms with Gasteiger partial charge in [-0.1, -0.05) is 34.1 Å². The Balaban J connectivity index is 2.81. The van der Waals surface area contributed by atoms with Gasteiger partial charge in [0.25, 0.3) is 0 Å². The summed E-state index contributed by atoms with van der Waals surface area (Å²) in [5.74, 6) is -2.03. The third kappa shape index (κ3) is 4.96. The van der Waals surface area contributed by atoms with Crippen LogP contribution in [0.2, 0.25) is 0 Å². The number of alkyl halides is 4. The molecule has 1 aromatic rings. The maximum absolute atomic E-state index is 12.6. The number of para-hydroxylation sites is 1. The zero-order valence-electron chi connectivity index (χ0n) is 10.5. The first-order valence-corrected chi connectivity index (χ1v) is 7.00. The molecular weight excluding hydrogens is 339 g/mol. The van der Waals surface area contributed by atoms with Crippen molar-refractivity contribution in [1.82, 2.24) is 0 Å². The zero-order chi connectivity index (χ0) is 15.2. The average Bonchev–Trinajstić information content (AvgIpc) is 2.42. The van der Waals surface area contributed by atoms with Gasteiger partial charge in [-0.25, -0.2) is 0 Å². The fourth-order valence-electron chi connectivity index (χ4n) is 1.61. The van der Waals surface area contributed by atoms with Gasteiger partial charge in [-0.05, 0) is 18.6 Å². The number of anilines is 1. The molecule has 0 aliphatic carbocycles. The van der Waals surface area contributed by atoms with E-state index in [1.165, 1.54) is 12.1 Å². The second-order valence-electron chi connectivity index (χ2n) is 4.07. The molecule has 0 aliphatic heterocycles. The highest BCUT2D eigenvalue weighted by atomic mass is 79.9. The molecule has 1 rings (SSSR count). The number of amides is 1. The molecule has 0 unspecified atom stereocenters. The van der Waals surface area contributed by atoms with E-state index >= 15 is 0 Å². The number of halogens is 4. The van der Waals surface area contributed by atoms with E-state index in [0.717, 1.165) is 0 Å². The minimum Gasteiger partial charge on any atom is -0.305 e. The van der Waals surface area contributed by atoms with E-state index in [2.05, 4.69) is 15.9 Å². The molecule has 0 bridgehead atoms. The standard InChI is InChI=1S/C13H13BrF3NO2/c14-9-11(19)7-4-8-18(12(20)13(15,16)17)10-5-2-1-3-6-10/h1-3,5-6H,4,7-9H2. The average molecular weight is 352 g/mol. The first kappa shape index (κ1) is 16.7. The molecular formula is C13H13BrF3NO2. The van der Waals surface area contributed by atoms with Crippen LogP contribution in [0.5, 0.6) is 0 Å². The van der Waals surface area contributed by atoms with Crippen LogP contribution in [0.25, 0.3) is 0 Å². The predicted octanol–water partition coefficient (Wildman–Crippen LogP) is 3.33. The van der Waals surface area contributed by atoms with Gasteiger partial charge >= 0.3 is 12.1 Å². The molecule has 0 radical (unpaired) electrons. The quantitative estimate of drug-likeness (QED) is 0.737. The molecule has 0 fully saturated rings. The topological polar surface area (TPSA) is 37.4 Å². The van der Waals surface area contributed by atoms with Crippen LogP contribution in [0.3, 0.4) is 0 Å². The molecule has 0 saturated carbocycles. The number of hydrogen-bond acceptors (Lipinski definition) is 2. The van der Waals surface area contributed by atoms with Crippen LogP contribution in [0.1, 0.15) is 12.8 Å². The minimum absolute atomic E-state index is 0.113. The van der Waals surface area contributed by atoms with Crippen molar-refractivity contribution in [1.29, 1.82) is 0 Å². The highest BCUT2D eigenvalue weighted by molar-refractivity contribution is 9.09. The number of rotatable bonds is 6. The van der Waals surface area contributed by atoms with Crippen molar-refractivity contribution in [3.05, 3.63) is 30.3 Å². The lowest BCUT2D eigenvalue weighted by atomic mass is 10.2. The summed E-state index contributed by atoms with van der Waals surface area (Å²) in [4.78, 5) is 23.2. The van der Waals surface area contributed by atoms with Gasteiger partial charge in [-0.2, -0.15) is 13.2 Å². The highest BCUT2D eigenvalue weighted by Gasteiger charge is 2.42. The van der Waals surface area contributed by atoms with Gasteiger partial charge in [0.1, 0.15) is 5.78 Å². The van der Waals surface area contributed by atoms with Crippen molar-refractivity contribution in [3.8, 4) is 0 Å². The van der Waals surface area contributed by atoms with Crippen molar-refractivity contribution in [2.45, 2.75) is 19.0 Å². The minimum atomic E-state index is -4.94. The Hall–Kier alpha value is -1.37. The summed E-state index contributed by atoms with van der Waals surface area (Å²) in [7, 11) is 0. The maximum atomic E-state index is 12.6. The fraction of sp³-hybridized carbons (Fsp3) is 0.385. The smallest absolute Gasteiger partial charge is 0.305 e. The third-order valence-electron chi connectivity index (χ3n) is 2.54. The summed E-state index contributed by atoms with van der Waals surface area (Å²) in [6.45, 7) is -0.152. The first-order chi connectivity index (χ1) is 9.36. The van der Waals surface area contributed by atoms with Crippen molar-refractivity contribution in [2.24, 2.45) is 0 Å². The number of ketones is 1. The normalized spacial score (nSPS) is 11.2. The monoisotopic (exact) mass is 351 g/mol. The van der Waals surface area contributed by atoms with Crippen LogP contribution in [0, 0.1) is 0 Å². The molecule has 110 valence electrons. The lowest BCUT2D eigenvalue weighted by molar-refractivity contribution is -0.170. The van der Waals surface area contributed by atoms with Gasteiger partial charge in [-0.15, -0.1) is 0 Å². The molecule has 0 N–H and O–H groups in total. The van der Waals surface area contributed by atoms with Crippen LogP contribution in [-0.4, -0.2) is 29.7 Å². The van der Waals surface area contributed by atoms with E-state index in [-0.39, 0.29) is 36.2 Å². The van der Waals surface area contributed by atoms with E-state index in [9.17, 15) is 22.8 Å². The SMILES string of the molecule is O=C(CBr)CCCN(C(=O)C(F)(F)F)c1ccccc1. The van der Waals surface area contributed by atoms with Crippen LogP contribution >= 0.6 is 15.9 Å². The van der Waals surface area contributed by atoms with Crippen molar-refractivity contribution in [3.63, 3.8) is 0 Å². The molecule has 0 aromatic heterocycles. The lowest BCUT2D eigenvalue weighted by Gasteiger charge is -2.23. The Labute approximate surface area is 122 Å². The van der Waals surface area contributed by atoms with Crippen molar-refractivity contribution in [2.75, 3.05) is 16.8 Å². The number of hydrogen-bond donors (Lipinski definition) is 0. The molecule has 7 heteroatoms. The van der Waals surface area contributed by atoms with E-state index < -0.39 is 12.1 Å². The number of carbonyl (C=O) groups is 2. The predicted molar refractivity (Wildman–Crippen MR) is 72.9 cm³/mol. The zero-order valence-corrected chi connectivity index (χ0v) is 12.1. The number of Topliss-reactive ketones (excluding diaryl/α,β-unsaturated/α-hetero) is 1. The van der Waals surface area contributed by atoms with E-state index in [1.54, 1.807) is 18.2 Å². The summed E-state index contributed by atoms with van der Waals surface area (Å²) in [5.41, 5.74) is 0.168. The first-order valence-electron chi connectivity index (χ1n) is 5.87. The Morgan fingerprint density at radius 1 is 1.15 bits per heavy atom. The van der Waals surface area contributed by atoms with Gasteiger partial charge in [0, 0.05) is 18.7 Å². The van der Waals surface area contributed by atoms with Gasteiger partial charge in [-0.3, -0.25) is 9.59 Å².